The van der Waals surface area contributed by atoms with Crippen LogP contribution in [0.4, 0.5) is 32.2 Å². The first-order valence-corrected chi connectivity index (χ1v) is 4.87. The van der Waals surface area contributed by atoms with E-state index in [1.54, 1.807) is 0 Å². The van der Waals surface area contributed by atoms with Crippen molar-refractivity contribution >= 4 is 5.82 Å². The second-order valence-corrected chi connectivity index (χ2v) is 3.47. The molecular weight excluding hydrogens is 280 g/mol. The molecule has 19 heavy (non-hydrogen) atoms. The summed E-state index contributed by atoms with van der Waals surface area (Å²) in [6, 6.07) is 0.845. The molecule has 0 bridgehead atoms. The third kappa shape index (κ3) is 4.14. The highest BCUT2D eigenvalue weighted by Gasteiger charge is 2.59. The lowest BCUT2D eigenvalue weighted by Crippen LogP contribution is -2.46. The van der Waals surface area contributed by atoms with Crippen LogP contribution in [0.25, 0.3) is 0 Å². The highest BCUT2D eigenvalue weighted by molar-refractivity contribution is 5.37. The second-order valence-electron chi connectivity index (χ2n) is 3.47. The number of ether oxygens (including phenoxy) is 1. The van der Waals surface area contributed by atoms with Crippen molar-refractivity contribution in [3.8, 4) is 5.88 Å². The zero-order valence-corrected chi connectivity index (χ0v) is 9.73. The van der Waals surface area contributed by atoms with Crippen molar-refractivity contribution < 1.29 is 31.1 Å². The van der Waals surface area contributed by atoms with E-state index in [4.69, 9.17) is 0 Å². The molecule has 0 atom stereocenters. The highest BCUT2D eigenvalue weighted by Crippen LogP contribution is 2.36. The van der Waals surface area contributed by atoms with Crippen molar-refractivity contribution in [1.82, 2.24) is 9.97 Å². The Balaban J connectivity index is 3.07. The minimum absolute atomic E-state index is 0.0232. The summed E-state index contributed by atoms with van der Waals surface area (Å²) in [7, 11) is 1.40. The van der Waals surface area contributed by atoms with Crippen LogP contribution in [0.3, 0.4) is 0 Å². The summed E-state index contributed by atoms with van der Waals surface area (Å²) in [6.07, 6.45) is -15.1. The molecule has 0 spiro atoms. The molecule has 0 saturated heterocycles. The summed E-state index contributed by atoms with van der Waals surface area (Å²) >= 11 is 0. The number of anilines is 1. The summed E-state index contributed by atoms with van der Waals surface area (Å²) < 4.78 is 77.6. The molecule has 0 amide bonds. The van der Waals surface area contributed by atoms with Crippen LogP contribution in [0.5, 0.6) is 5.88 Å². The number of halogens is 6. The standard InChI is InChI=1S/C9H9F6N3O/c1-4-17-5(16-2)3-6(18-4)19-7(8(10,11)12)9(13,14)15/h3,7H,1-2H3,(H,16,17,18). The van der Waals surface area contributed by atoms with E-state index in [-0.39, 0.29) is 11.6 Å². The van der Waals surface area contributed by atoms with Crippen molar-refractivity contribution in [2.75, 3.05) is 12.4 Å². The Morgan fingerprint density at radius 2 is 1.63 bits per heavy atom. The molecule has 4 nitrogen and oxygen atoms in total. The Kier molecular flexibility index (Phi) is 4.11. The van der Waals surface area contributed by atoms with E-state index in [0.29, 0.717) is 0 Å². The van der Waals surface area contributed by atoms with Gasteiger partial charge in [0.15, 0.2) is 0 Å². The first-order chi connectivity index (χ1) is 8.54. The molecule has 0 fully saturated rings. The fourth-order valence-corrected chi connectivity index (χ4v) is 1.17. The predicted octanol–water partition coefficient (Wildman–Crippen LogP) is 2.70. The van der Waals surface area contributed by atoms with Gasteiger partial charge in [0, 0.05) is 13.1 Å². The monoisotopic (exact) mass is 289 g/mol. The SMILES string of the molecule is CNc1cc(OC(C(F)(F)F)C(F)(F)F)nc(C)n1. The average Bonchev–Trinajstić information content (AvgIpc) is 2.22. The summed E-state index contributed by atoms with van der Waals surface area (Å²) in [5.41, 5.74) is 0. The van der Waals surface area contributed by atoms with Gasteiger partial charge in [-0.05, 0) is 6.92 Å². The van der Waals surface area contributed by atoms with Gasteiger partial charge in [-0.1, -0.05) is 0 Å². The Hall–Kier alpha value is -1.74. The number of nitrogens with one attached hydrogen (secondary N) is 1. The van der Waals surface area contributed by atoms with Gasteiger partial charge in [-0.25, -0.2) is 4.98 Å². The lowest BCUT2D eigenvalue weighted by Gasteiger charge is -2.23. The van der Waals surface area contributed by atoms with Crippen LogP contribution in [0.2, 0.25) is 0 Å². The minimum Gasteiger partial charge on any atom is -0.455 e. The molecular formula is C9H9F6N3O. The fourth-order valence-electron chi connectivity index (χ4n) is 1.17. The van der Waals surface area contributed by atoms with Gasteiger partial charge >= 0.3 is 12.4 Å². The molecule has 0 aliphatic carbocycles. The first-order valence-electron chi connectivity index (χ1n) is 4.87. The van der Waals surface area contributed by atoms with Crippen molar-refractivity contribution in [2.24, 2.45) is 0 Å². The maximum absolute atomic E-state index is 12.3. The summed E-state index contributed by atoms with van der Waals surface area (Å²) in [6.45, 7) is 1.31. The molecule has 1 aromatic rings. The van der Waals surface area contributed by atoms with Gasteiger partial charge in [-0.2, -0.15) is 31.3 Å². The van der Waals surface area contributed by atoms with Crippen LogP contribution >= 0.6 is 0 Å². The van der Waals surface area contributed by atoms with Crippen molar-refractivity contribution in [3.63, 3.8) is 0 Å². The zero-order chi connectivity index (χ0) is 14.8. The van der Waals surface area contributed by atoms with Crippen LogP contribution in [-0.4, -0.2) is 35.5 Å². The molecule has 0 unspecified atom stereocenters. The van der Waals surface area contributed by atoms with E-state index in [1.165, 1.54) is 14.0 Å². The molecule has 108 valence electrons. The second kappa shape index (κ2) is 5.10. The van der Waals surface area contributed by atoms with E-state index in [1.807, 2.05) is 0 Å². The molecule has 1 rings (SSSR count). The average molecular weight is 289 g/mol. The zero-order valence-electron chi connectivity index (χ0n) is 9.73. The van der Waals surface area contributed by atoms with Crippen LogP contribution < -0.4 is 10.1 Å². The number of rotatable bonds is 3. The van der Waals surface area contributed by atoms with Crippen LogP contribution in [0, 0.1) is 6.92 Å². The number of aromatic nitrogens is 2. The molecule has 0 aliphatic rings. The van der Waals surface area contributed by atoms with Gasteiger partial charge in [0.05, 0.1) is 0 Å². The van der Waals surface area contributed by atoms with Gasteiger partial charge in [-0.15, -0.1) is 0 Å². The van der Waals surface area contributed by atoms with Crippen molar-refractivity contribution in [3.05, 3.63) is 11.9 Å². The topological polar surface area (TPSA) is 47.0 Å². The first kappa shape index (κ1) is 15.3. The number of aryl methyl sites for hydroxylation is 1. The highest BCUT2D eigenvalue weighted by atomic mass is 19.4. The Morgan fingerprint density at radius 1 is 1.11 bits per heavy atom. The minimum atomic E-state index is -5.59. The fraction of sp³-hybridized carbons (Fsp3) is 0.556. The van der Waals surface area contributed by atoms with E-state index < -0.39 is 24.3 Å². The normalized spacial score (nSPS) is 12.7. The lowest BCUT2D eigenvalue weighted by molar-refractivity contribution is -0.300. The maximum atomic E-state index is 12.3. The molecule has 0 saturated carbocycles. The molecule has 0 aromatic carbocycles. The molecule has 1 heterocycles. The summed E-state index contributed by atoms with van der Waals surface area (Å²) in [4.78, 5) is 7.09. The Labute approximate surface area is 103 Å². The van der Waals surface area contributed by atoms with Crippen LogP contribution in [0.15, 0.2) is 6.07 Å². The molecule has 0 aliphatic heterocycles. The molecule has 0 radical (unpaired) electrons. The van der Waals surface area contributed by atoms with E-state index in [2.05, 4.69) is 20.0 Å². The third-order valence-electron chi connectivity index (χ3n) is 1.90. The van der Waals surface area contributed by atoms with Crippen LogP contribution in [-0.2, 0) is 0 Å². The van der Waals surface area contributed by atoms with Gasteiger partial charge in [0.1, 0.15) is 11.6 Å². The Bertz CT molecular complexity index is 431. The number of hydrogen-bond acceptors (Lipinski definition) is 4. The molecule has 1 N–H and O–H groups in total. The van der Waals surface area contributed by atoms with Crippen LogP contribution in [0.1, 0.15) is 5.82 Å². The van der Waals surface area contributed by atoms with Gasteiger partial charge in [0.25, 0.3) is 6.10 Å². The van der Waals surface area contributed by atoms with Crippen molar-refractivity contribution in [2.45, 2.75) is 25.4 Å². The third-order valence-corrected chi connectivity index (χ3v) is 1.90. The van der Waals surface area contributed by atoms with E-state index >= 15 is 0 Å². The number of alkyl halides is 6. The lowest BCUT2D eigenvalue weighted by atomic mass is 10.3. The summed E-state index contributed by atoms with van der Waals surface area (Å²) in [5.74, 6) is -0.785. The quantitative estimate of drug-likeness (QED) is 0.869. The summed E-state index contributed by atoms with van der Waals surface area (Å²) in [5, 5.41) is 2.47. The van der Waals surface area contributed by atoms with Gasteiger partial charge < -0.3 is 10.1 Å². The van der Waals surface area contributed by atoms with Crippen molar-refractivity contribution in [1.29, 1.82) is 0 Å². The van der Waals surface area contributed by atoms with Gasteiger partial charge in [0.2, 0.25) is 5.88 Å². The smallest absolute Gasteiger partial charge is 0.434 e. The number of nitrogens with zero attached hydrogens (tertiary/aromatic N) is 2. The van der Waals surface area contributed by atoms with E-state index in [9.17, 15) is 26.3 Å². The van der Waals surface area contributed by atoms with Gasteiger partial charge in [-0.3, -0.25) is 0 Å². The Morgan fingerprint density at radius 3 is 2.05 bits per heavy atom. The molecule has 1 aromatic heterocycles. The molecule has 10 heteroatoms. The largest absolute Gasteiger partial charge is 0.455 e. The predicted molar refractivity (Wildman–Crippen MR) is 52.8 cm³/mol. The van der Waals surface area contributed by atoms with E-state index in [0.717, 1.165) is 6.07 Å². The number of hydrogen-bond donors (Lipinski definition) is 1. The maximum Gasteiger partial charge on any atom is 0.434 e.